The summed E-state index contributed by atoms with van der Waals surface area (Å²) < 4.78 is 0. The molecular weight excluding hydrogens is 236 g/mol. The largest absolute Gasteiger partial charge is 0.338 e. The highest BCUT2D eigenvalue weighted by atomic mass is 35.5. The van der Waals surface area contributed by atoms with Gasteiger partial charge in [-0.3, -0.25) is 4.79 Å². The SMILES string of the molecule is CC[C@H](N)C(=O)N1CCCC2CCCCC21.Cl. The van der Waals surface area contributed by atoms with Crippen molar-refractivity contribution in [3.63, 3.8) is 0 Å². The van der Waals surface area contributed by atoms with Gasteiger partial charge < -0.3 is 10.6 Å². The number of nitrogens with zero attached hydrogens (tertiary/aromatic N) is 1. The summed E-state index contributed by atoms with van der Waals surface area (Å²) in [4.78, 5) is 14.3. The summed E-state index contributed by atoms with van der Waals surface area (Å²) in [6.07, 6.45) is 8.39. The van der Waals surface area contributed by atoms with Gasteiger partial charge in [-0.25, -0.2) is 0 Å². The summed E-state index contributed by atoms with van der Waals surface area (Å²) in [5.74, 6) is 0.953. The van der Waals surface area contributed by atoms with Gasteiger partial charge in [-0.1, -0.05) is 19.8 Å². The lowest BCUT2D eigenvalue weighted by Gasteiger charge is -2.44. The Morgan fingerprint density at radius 2 is 1.94 bits per heavy atom. The highest BCUT2D eigenvalue weighted by Crippen LogP contribution is 2.35. The lowest BCUT2D eigenvalue weighted by atomic mass is 9.78. The standard InChI is InChI=1S/C13H24N2O.ClH/c1-2-11(14)13(16)15-9-5-7-10-6-3-4-8-12(10)15;/h10-12H,2-9,14H2,1H3;1H/t10?,11-,12?;/m0./s1. The Balaban J connectivity index is 0.00000144. The Labute approximate surface area is 111 Å². The normalized spacial score (nSPS) is 30.1. The number of amides is 1. The Morgan fingerprint density at radius 3 is 2.65 bits per heavy atom. The molecule has 2 fully saturated rings. The van der Waals surface area contributed by atoms with Crippen LogP contribution in [0.2, 0.25) is 0 Å². The third kappa shape index (κ3) is 3.14. The van der Waals surface area contributed by atoms with Crippen LogP contribution in [0.3, 0.4) is 0 Å². The number of nitrogens with two attached hydrogens (primary N) is 1. The number of fused-ring (bicyclic) bond motifs is 1. The molecule has 0 bridgehead atoms. The molecule has 1 amide bonds. The van der Waals surface area contributed by atoms with E-state index in [1.807, 2.05) is 6.92 Å². The topological polar surface area (TPSA) is 46.3 Å². The van der Waals surface area contributed by atoms with Crippen LogP contribution in [-0.4, -0.2) is 29.4 Å². The van der Waals surface area contributed by atoms with Crippen molar-refractivity contribution in [2.45, 2.75) is 64.0 Å². The van der Waals surface area contributed by atoms with Gasteiger partial charge in [0.15, 0.2) is 0 Å². The molecule has 1 saturated heterocycles. The average Bonchev–Trinajstić information content (AvgIpc) is 2.36. The molecule has 0 radical (unpaired) electrons. The van der Waals surface area contributed by atoms with Crippen molar-refractivity contribution in [3.05, 3.63) is 0 Å². The average molecular weight is 261 g/mol. The zero-order valence-corrected chi connectivity index (χ0v) is 11.5. The smallest absolute Gasteiger partial charge is 0.239 e. The zero-order valence-electron chi connectivity index (χ0n) is 10.7. The van der Waals surface area contributed by atoms with Gasteiger partial charge in [-0.05, 0) is 38.0 Å². The predicted octanol–water partition coefficient (Wildman–Crippen LogP) is 2.33. The molecule has 2 N–H and O–H groups in total. The van der Waals surface area contributed by atoms with Crippen molar-refractivity contribution in [1.82, 2.24) is 4.90 Å². The third-order valence-electron chi connectivity index (χ3n) is 4.28. The number of piperidine rings is 1. The number of hydrogen-bond donors (Lipinski definition) is 1. The van der Waals surface area contributed by atoms with Gasteiger partial charge in [0.25, 0.3) is 0 Å². The van der Waals surface area contributed by atoms with E-state index in [0.717, 1.165) is 18.9 Å². The number of carbonyl (C=O) groups is 1. The van der Waals surface area contributed by atoms with Crippen LogP contribution in [0.25, 0.3) is 0 Å². The molecule has 3 nitrogen and oxygen atoms in total. The fourth-order valence-corrected chi connectivity index (χ4v) is 3.29. The van der Waals surface area contributed by atoms with Crippen molar-refractivity contribution in [3.8, 4) is 0 Å². The molecule has 4 heteroatoms. The van der Waals surface area contributed by atoms with Crippen LogP contribution in [-0.2, 0) is 4.79 Å². The highest BCUT2D eigenvalue weighted by molar-refractivity contribution is 5.85. The van der Waals surface area contributed by atoms with Crippen LogP contribution in [0, 0.1) is 5.92 Å². The minimum Gasteiger partial charge on any atom is -0.338 e. The summed E-state index contributed by atoms with van der Waals surface area (Å²) >= 11 is 0. The van der Waals surface area contributed by atoms with E-state index >= 15 is 0 Å². The maximum absolute atomic E-state index is 12.2. The van der Waals surface area contributed by atoms with Crippen LogP contribution >= 0.6 is 12.4 Å². The minimum absolute atomic E-state index is 0. The third-order valence-corrected chi connectivity index (χ3v) is 4.28. The van der Waals surface area contributed by atoms with Crippen LogP contribution in [0.15, 0.2) is 0 Å². The highest BCUT2D eigenvalue weighted by Gasteiger charge is 2.36. The molecule has 0 aromatic carbocycles. The molecule has 1 heterocycles. The van der Waals surface area contributed by atoms with Gasteiger partial charge in [-0.2, -0.15) is 0 Å². The minimum atomic E-state index is -0.277. The van der Waals surface area contributed by atoms with Gasteiger partial charge in [-0.15, -0.1) is 12.4 Å². The monoisotopic (exact) mass is 260 g/mol. The van der Waals surface area contributed by atoms with Crippen molar-refractivity contribution in [2.24, 2.45) is 11.7 Å². The van der Waals surface area contributed by atoms with Crippen LogP contribution in [0.1, 0.15) is 51.9 Å². The second-order valence-electron chi connectivity index (χ2n) is 5.30. The van der Waals surface area contributed by atoms with E-state index < -0.39 is 0 Å². The number of rotatable bonds is 2. The number of halogens is 1. The molecule has 0 aromatic heterocycles. The maximum atomic E-state index is 12.2. The number of likely N-dealkylation sites (tertiary alicyclic amines) is 1. The predicted molar refractivity (Wildman–Crippen MR) is 72.2 cm³/mol. The lowest BCUT2D eigenvalue weighted by molar-refractivity contribution is -0.139. The molecule has 1 saturated carbocycles. The molecule has 0 aromatic rings. The van der Waals surface area contributed by atoms with E-state index in [2.05, 4.69) is 4.90 Å². The van der Waals surface area contributed by atoms with Crippen LogP contribution in [0.5, 0.6) is 0 Å². The summed E-state index contributed by atoms with van der Waals surface area (Å²) in [7, 11) is 0. The Morgan fingerprint density at radius 1 is 1.29 bits per heavy atom. The molecule has 1 aliphatic heterocycles. The summed E-state index contributed by atoms with van der Waals surface area (Å²) in [5.41, 5.74) is 5.88. The van der Waals surface area contributed by atoms with E-state index in [4.69, 9.17) is 5.73 Å². The maximum Gasteiger partial charge on any atom is 0.239 e. The van der Waals surface area contributed by atoms with Gasteiger partial charge in [0.2, 0.25) is 5.91 Å². The first-order chi connectivity index (χ1) is 7.74. The van der Waals surface area contributed by atoms with Crippen molar-refractivity contribution >= 4 is 18.3 Å². The molecule has 0 spiro atoms. The second-order valence-corrected chi connectivity index (χ2v) is 5.30. The van der Waals surface area contributed by atoms with Crippen molar-refractivity contribution in [1.29, 1.82) is 0 Å². The van der Waals surface area contributed by atoms with Crippen LogP contribution in [0.4, 0.5) is 0 Å². The first-order valence-electron chi connectivity index (χ1n) is 6.80. The van der Waals surface area contributed by atoms with E-state index in [1.165, 1.54) is 38.5 Å². The Kier molecular flexibility index (Phi) is 5.74. The summed E-state index contributed by atoms with van der Waals surface area (Å²) in [5, 5.41) is 0. The first kappa shape index (κ1) is 14.8. The van der Waals surface area contributed by atoms with Gasteiger partial charge in [0.1, 0.15) is 0 Å². The molecule has 2 aliphatic rings. The number of hydrogen-bond acceptors (Lipinski definition) is 2. The van der Waals surface area contributed by atoms with Gasteiger partial charge in [0, 0.05) is 12.6 Å². The van der Waals surface area contributed by atoms with E-state index in [9.17, 15) is 4.79 Å². The Bertz CT molecular complexity index is 258. The fourth-order valence-electron chi connectivity index (χ4n) is 3.29. The molecule has 3 atom stereocenters. The van der Waals surface area contributed by atoms with Gasteiger partial charge >= 0.3 is 0 Å². The zero-order chi connectivity index (χ0) is 11.5. The molecule has 2 unspecified atom stereocenters. The fraction of sp³-hybridized carbons (Fsp3) is 0.923. The van der Waals surface area contributed by atoms with Crippen LogP contribution < -0.4 is 5.73 Å². The molecular formula is C13H25ClN2O. The second kappa shape index (κ2) is 6.60. The molecule has 1 aliphatic carbocycles. The molecule has 17 heavy (non-hydrogen) atoms. The van der Waals surface area contributed by atoms with Crippen molar-refractivity contribution in [2.75, 3.05) is 6.54 Å². The molecule has 2 rings (SSSR count). The summed E-state index contributed by atoms with van der Waals surface area (Å²) in [6, 6.07) is 0.230. The molecule has 100 valence electrons. The van der Waals surface area contributed by atoms with E-state index in [-0.39, 0.29) is 24.4 Å². The summed E-state index contributed by atoms with van der Waals surface area (Å²) in [6.45, 7) is 2.93. The first-order valence-corrected chi connectivity index (χ1v) is 6.80. The number of carbonyl (C=O) groups excluding carboxylic acids is 1. The van der Waals surface area contributed by atoms with Crippen molar-refractivity contribution < 1.29 is 4.79 Å². The Hall–Kier alpha value is -0.280. The van der Waals surface area contributed by atoms with E-state index in [1.54, 1.807) is 0 Å². The lowest BCUT2D eigenvalue weighted by Crippen LogP contribution is -2.54. The van der Waals surface area contributed by atoms with Gasteiger partial charge in [0.05, 0.1) is 6.04 Å². The quantitative estimate of drug-likeness (QED) is 0.828. The van der Waals surface area contributed by atoms with E-state index in [0.29, 0.717) is 6.04 Å².